The molecular weight excluding hydrogens is 455 g/mol. The highest BCUT2D eigenvalue weighted by Gasteiger charge is 2.36. The molecule has 0 radical (unpaired) electrons. The first-order valence-corrected chi connectivity index (χ1v) is 11.5. The van der Waals surface area contributed by atoms with Crippen LogP contribution in [0.1, 0.15) is 33.5 Å². The summed E-state index contributed by atoms with van der Waals surface area (Å²) in [6.45, 7) is 3.69. The molecule has 3 aromatic carbocycles. The highest BCUT2D eigenvalue weighted by molar-refractivity contribution is 6.04. The second-order valence-electron chi connectivity index (χ2n) is 8.68. The van der Waals surface area contributed by atoms with Gasteiger partial charge in [0.05, 0.1) is 16.7 Å². The van der Waals surface area contributed by atoms with E-state index in [0.717, 1.165) is 23.0 Å². The van der Waals surface area contributed by atoms with Gasteiger partial charge in [0.25, 0.3) is 5.91 Å². The van der Waals surface area contributed by atoms with Gasteiger partial charge in [0, 0.05) is 26.2 Å². The van der Waals surface area contributed by atoms with E-state index in [9.17, 15) is 18.0 Å². The van der Waals surface area contributed by atoms with Crippen LogP contribution >= 0.6 is 0 Å². The quantitative estimate of drug-likeness (QED) is 0.427. The summed E-state index contributed by atoms with van der Waals surface area (Å²) < 4.78 is 46.6. The number of ether oxygens (including phenoxy) is 1. The van der Waals surface area contributed by atoms with Crippen LogP contribution in [0, 0.1) is 6.92 Å². The zero-order valence-electron chi connectivity index (χ0n) is 19.2. The van der Waals surface area contributed by atoms with E-state index in [1.54, 1.807) is 0 Å². The maximum absolute atomic E-state index is 13.5. The zero-order valence-corrected chi connectivity index (χ0v) is 19.2. The van der Waals surface area contributed by atoms with Crippen LogP contribution < -0.4 is 4.74 Å². The number of hydrogen-bond donors (Lipinski definition) is 0. The van der Waals surface area contributed by atoms with E-state index in [2.05, 4.69) is 4.90 Å². The maximum Gasteiger partial charge on any atom is 0.417 e. The molecule has 2 aliphatic rings. The average molecular weight is 480 g/mol. The first-order valence-electron chi connectivity index (χ1n) is 11.5. The Morgan fingerprint density at radius 3 is 2.51 bits per heavy atom. The van der Waals surface area contributed by atoms with Crippen LogP contribution in [0.3, 0.4) is 0 Å². The normalized spacial score (nSPS) is 15.8. The van der Waals surface area contributed by atoms with Crippen LogP contribution in [-0.4, -0.2) is 47.7 Å². The second kappa shape index (κ2) is 9.09. The first kappa shape index (κ1) is 23.0. The van der Waals surface area contributed by atoms with Crippen LogP contribution in [0.15, 0.2) is 71.7 Å². The number of halogens is 3. The van der Waals surface area contributed by atoms with Crippen LogP contribution in [-0.2, 0) is 6.18 Å². The molecule has 0 spiro atoms. The second-order valence-corrected chi connectivity index (χ2v) is 8.68. The molecule has 5 nitrogen and oxygen atoms in total. The topological polar surface area (TPSA) is 45.1 Å². The molecule has 180 valence electrons. The Hall–Kier alpha value is -3.81. The van der Waals surface area contributed by atoms with Crippen molar-refractivity contribution < 1.29 is 22.7 Å². The summed E-state index contributed by atoms with van der Waals surface area (Å²) in [6, 6.07) is 18.4. The number of para-hydroxylation sites is 1. The van der Waals surface area contributed by atoms with E-state index < -0.39 is 17.6 Å². The molecule has 1 fully saturated rings. The smallest absolute Gasteiger partial charge is 0.417 e. The molecule has 1 amide bonds. The van der Waals surface area contributed by atoms with E-state index in [-0.39, 0.29) is 12.1 Å². The van der Waals surface area contributed by atoms with Crippen molar-refractivity contribution in [3.63, 3.8) is 0 Å². The molecule has 2 aliphatic heterocycles. The molecule has 5 rings (SSSR count). The molecule has 1 saturated heterocycles. The zero-order chi connectivity index (χ0) is 24.6. The molecular formula is C27H24F3N3O2. The molecule has 3 aromatic rings. The van der Waals surface area contributed by atoms with Gasteiger partial charge in [-0.25, -0.2) is 4.99 Å². The number of amides is 1. The molecule has 0 N–H and O–H groups in total. The van der Waals surface area contributed by atoms with Gasteiger partial charge in [-0.05, 0) is 55.3 Å². The van der Waals surface area contributed by atoms with Gasteiger partial charge in [-0.1, -0.05) is 30.3 Å². The summed E-state index contributed by atoms with van der Waals surface area (Å²) in [6.07, 6.45) is -3.99. The highest BCUT2D eigenvalue weighted by Crippen LogP contribution is 2.39. The van der Waals surface area contributed by atoms with Crippen molar-refractivity contribution in [3.05, 3.63) is 89.0 Å². The molecule has 2 heterocycles. The van der Waals surface area contributed by atoms with Gasteiger partial charge in [0.1, 0.15) is 17.3 Å². The van der Waals surface area contributed by atoms with E-state index in [1.165, 1.54) is 23.1 Å². The van der Waals surface area contributed by atoms with Gasteiger partial charge in [-0.3, -0.25) is 4.79 Å². The van der Waals surface area contributed by atoms with E-state index in [0.29, 0.717) is 43.2 Å². The fourth-order valence-electron chi connectivity index (χ4n) is 4.49. The molecule has 8 heteroatoms. The summed E-state index contributed by atoms with van der Waals surface area (Å²) >= 11 is 0. The predicted octanol–water partition coefficient (Wildman–Crippen LogP) is 6.05. The Balaban J connectivity index is 1.44. The maximum atomic E-state index is 13.5. The van der Waals surface area contributed by atoms with Crippen molar-refractivity contribution in [1.82, 2.24) is 9.80 Å². The SMILES string of the molecule is Cc1ccc2c(c1)Oc1ccccc1C(N1CCCN(C(=O)c3ccccc3C(F)(F)F)CC1)=N2. The Morgan fingerprint density at radius 2 is 1.69 bits per heavy atom. The first-order chi connectivity index (χ1) is 16.8. The molecule has 0 aromatic heterocycles. The van der Waals surface area contributed by atoms with Crippen molar-refractivity contribution in [2.24, 2.45) is 4.99 Å². The number of benzene rings is 3. The van der Waals surface area contributed by atoms with Gasteiger partial charge in [-0.2, -0.15) is 13.2 Å². The molecule has 0 atom stereocenters. The lowest BCUT2D eigenvalue weighted by Crippen LogP contribution is -2.38. The number of rotatable bonds is 1. The number of nitrogens with zero attached hydrogens (tertiary/aromatic N) is 3. The lowest BCUT2D eigenvalue weighted by Gasteiger charge is -2.25. The van der Waals surface area contributed by atoms with Crippen LogP contribution in [0.2, 0.25) is 0 Å². The van der Waals surface area contributed by atoms with Gasteiger partial charge >= 0.3 is 6.18 Å². The number of carbonyl (C=O) groups is 1. The average Bonchev–Trinajstić information content (AvgIpc) is 3.17. The van der Waals surface area contributed by atoms with Crippen molar-refractivity contribution in [2.45, 2.75) is 19.5 Å². The summed E-state index contributed by atoms with van der Waals surface area (Å²) in [7, 11) is 0. The Bertz CT molecular complexity index is 1300. The highest BCUT2D eigenvalue weighted by atomic mass is 19.4. The Kier molecular flexibility index (Phi) is 5.96. The van der Waals surface area contributed by atoms with E-state index in [4.69, 9.17) is 9.73 Å². The summed E-state index contributed by atoms with van der Waals surface area (Å²) in [5.41, 5.74) is 1.38. The van der Waals surface area contributed by atoms with Gasteiger partial charge < -0.3 is 14.5 Å². The van der Waals surface area contributed by atoms with E-state index in [1.807, 2.05) is 49.4 Å². The fourth-order valence-corrected chi connectivity index (χ4v) is 4.49. The Labute approximate surface area is 201 Å². The lowest BCUT2D eigenvalue weighted by molar-refractivity contribution is -0.138. The predicted molar refractivity (Wildman–Crippen MR) is 127 cm³/mol. The lowest BCUT2D eigenvalue weighted by atomic mass is 10.1. The van der Waals surface area contributed by atoms with Gasteiger partial charge in [-0.15, -0.1) is 0 Å². The molecule has 0 saturated carbocycles. The fraction of sp³-hybridized carbons (Fsp3) is 0.259. The van der Waals surface area contributed by atoms with Crippen molar-refractivity contribution in [3.8, 4) is 11.5 Å². The van der Waals surface area contributed by atoms with Crippen LogP contribution in [0.25, 0.3) is 0 Å². The Morgan fingerprint density at radius 1 is 0.914 bits per heavy atom. The number of alkyl halides is 3. The number of fused-ring (bicyclic) bond motifs is 2. The molecule has 0 unspecified atom stereocenters. The summed E-state index contributed by atoms with van der Waals surface area (Å²) in [5, 5.41) is 0. The number of aliphatic imine (C=N–C) groups is 1. The third-order valence-corrected chi connectivity index (χ3v) is 6.24. The van der Waals surface area contributed by atoms with Crippen LogP contribution in [0.5, 0.6) is 11.5 Å². The third kappa shape index (κ3) is 4.60. The number of aryl methyl sites for hydroxylation is 1. The number of carbonyl (C=O) groups excluding carboxylic acids is 1. The largest absolute Gasteiger partial charge is 0.454 e. The molecule has 0 aliphatic carbocycles. The van der Waals surface area contributed by atoms with Crippen LogP contribution in [0.4, 0.5) is 18.9 Å². The minimum absolute atomic E-state index is 0.286. The minimum atomic E-state index is -4.59. The standard InChI is InChI=1S/C27H24F3N3O2/c1-18-11-12-22-24(17-18)35-23-10-5-3-8-20(23)25(31-22)32-13-6-14-33(16-15-32)26(34)19-7-2-4-9-21(19)27(28,29)30/h2-5,7-12,17H,6,13-16H2,1H3. The van der Waals surface area contributed by atoms with Gasteiger partial charge in [0.15, 0.2) is 5.75 Å². The van der Waals surface area contributed by atoms with Crippen molar-refractivity contribution in [1.29, 1.82) is 0 Å². The third-order valence-electron chi connectivity index (χ3n) is 6.24. The summed E-state index contributed by atoms with van der Waals surface area (Å²) in [4.78, 5) is 21.6. The number of amidine groups is 1. The minimum Gasteiger partial charge on any atom is -0.454 e. The van der Waals surface area contributed by atoms with Crippen molar-refractivity contribution >= 4 is 17.4 Å². The monoisotopic (exact) mass is 479 g/mol. The molecule has 0 bridgehead atoms. The van der Waals surface area contributed by atoms with E-state index >= 15 is 0 Å². The molecule has 35 heavy (non-hydrogen) atoms. The summed E-state index contributed by atoms with van der Waals surface area (Å²) in [5.74, 6) is 1.48. The van der Waals surface area contributed by atoms with Gasteiger partial charge in [0.2, 0.25) is 0 Å². The van der Waals surface area contributed by atoms with Crippen molar-refractivity contribution in [2.75, 3.05) is 26.2 Å². The number of hydrogen-bond acceptors (Lipinski definition) is 4.